The van der Waals surface area contributed by atoms with Gasteiger partial charge in [0.1, 0.15) is 17.3 Å². The molecule has 2 aromatic carbocycles. The third kappa shape index (κ3) is 5.92. The number of benzene rings is 2. The van der Waals surface area contributed by atoms with Gasteiger partial charge in [0.05, 0.1) is 12.2 Å². The minimum absolute atomic E-state index is 0.0453. The summed E-state index contributed by atoms with van der Waals surface area (Å²) < 4.78 is 30.1. The van der Waals surface area contributed by atoms with E-state index < -0.39 is 23.4 Å². The topological polar surface area (TPSA) is 93.7 Å². The second kappa shape index (κ2) is 12.4. The van der Waals surface area contributed by atoms with Crippen molar-refractivity contribution >= 4 is 29.4 Å². The number of aryl methyl sites for hydroxylation is 1. The molecular formula is C31H37F2N7O2. The number of unbranched alkanes of at least 4 members (excludes halogenated alkanes) is 1. The van der Waals surface area contributed by atoms with Crippen molar-refractivity contribution in [1.29, 1.82) is 0 Å². The molecule has 3 aromatic rings. The second-order valence-electron chi connectivity index (χ2n) is 11.1. The largest absolute Gasteiger partial charge is 0.350 e. The maximum absolute atomic E-state index is 15.1. The van der Waals surface area contributed by atoms with E-state index in [0.717, 1.165) is 55.1 Å². The summed E-state index contributed by atoms with van der Waals surface area (Å²) in [6, 6.07) is 8.11. The number of para-hydroxylation sites is 1. The Balaban J connectivity index is 1.66. The van der Waals surface area contributed by atoms with Crippen LogP contribution < -0.4 is 20.4 Å². The number of hydrogen-bond acceptors (Lipinski definition) is 6. The molecule has 0 atom stereocenters. The number of rotatable bonds is 8. The van der Waals surface area contributed by atoms with Crippen LogP contribution in [0.4, 0.5) is 31.0 Å². The molecule has 0 saturated carbocycles. The molecule has 0 aliphatic carbocycles. The first-order valence-corrected chi connectivity index (χ1v) is 14.5. The summed E-state index contributed by atoms with van der Waals surface area (Å²) in [5, 5.41) is 5.65. The first-order valence-electron chi connectivity index (χ1n) is 14.5. The molecular weight excluding hydrogens is 540 g/mol. The maximum Gasteiger partial charge on any atom is 0.328 e. The highest BCUT2D eigenvalue weighted by molar-refractivity contribution is 6.02. The lowest BCUT2D eigenvalue weighted by molar-refractivity contribution is 0.0943. The van der Waals surface area contributed by atoms with Crippen LogP contribution in [0.2, 0.25) is 0 Å². The minimum atomic E-state index is -0.882. The van der Waals surface area contributed by atoms with Crippen LogP contribution in [0, 0.1) is 18.6 Å². The number of carbonyl (C=O) groups is 2. The lowest BCUT2D eigenvalue weighted by atomic mass is 9.97. The molecule has 3 amide bonds. The van der Waals surface area contributed by atoms with E-state index in [2.05, 4.69) is 22.5 Å². The Hall–Kier alpha value is -4.12. The number of amides is 3. The normalized spacial score (nSPS) is 15.5. The van der Waals surface area contributed by atoms with Crippen molar-refractivity contribution in [3.8, 4) is 11.3 Å². The first kappa shape index (κ1) is 29.4. The van der Waals surface area contributed by atoms with Gasteiger partial charge in [0.15, 0.2) is 5.82 Å². The monoisotopic (exact) mass is 577 g/mol. The second-order valence-corrected chi connectivity index (χ2v) is 11.1. The van der Waals surface area contributed by atoms with Gasteiger partial charge in [-0.25, -0.2) is 23.5 Å². The van der Waals surface area contributed by atoms with Crippen LogP contribution in [-0.2, 0) is 6.54 Å². The SMILES string of the molecule is CCCCN1CCN(c2nc(-c3cc(C(=O)NC(C)C)ccc3C)c3c(n2)N(c2c(F)cccc2F)C(=O)NC3)CC1. The van der Waals surface area contributed by atoms with Crippen molar-refractivity contribution in [2.45, 2.75) is 53.1 Å². The van der Waals surface area contributed by atoms with E-state index in [9.17, 15) is 9.59 Å². The number of halogens is 2. The number of nitrogens with one attached hydrogen (secondary N) is 2. The van der Waals surface area contributed by atoms with E-state index in [1.54, 1.807) is 12.1 Å². The molecule has 1 aromatic heterocycles. The van der Waals surface area contributed by atoms with Crippen molar-refractivity contribution in [3.63, 3.8) is 0 Å². The summed E-state index contributed by atoms with van der Waals surface area (Å²) in [6.07, 6.45) is 2.24. The Morgan fingerprint density at radius 3 is 2.45 bits per heavy atom. The summed E-state index contributed by atoms with van der Waals surface area (Å²) in [7, 11) is 0. The molecule has 222 valence electrons. The zero-order chi connectivity index (χ0) is 30.0. The highest BCUT2D eigenvalue weighted by atomic mass is 19.1. The van der Waals surface area contributed by atoms with E-state index in [4.69, 9.17) is 9.97 Å². The fraction of sp³-hybridized carbons (Fsp3) is 0.419. The number of aromatic nitrogens is 2. The number of urea groups is 1. The van der Waals surface area contributed by atoms with Gasteiger partial charge in [-0.15, -0.1) is 0 Å². The molecule has 2 aliphatic heterocycles. The lowest BCUT2D eigenvalue weighted by Gasteiger charge is -2.36. The van der Waals surface area contributed by atoms with Gasteiger partial charge in [-0.2, -0.15) is 4.98 Å². The highest BCUT2D eigenvalue weighted by Crippen LogP contribution is 2.39. The Kier molecular flexibility index (Phi) is 8.67. The quantitative estimate of drug-likeness (QED) is 0.385. The van der Waals surface area contributed by atoms with Gasteiger partial charge < -0.3 is 15.5 Å². The number of fused-ring (bicyclic) bond motifs is 1. The van der Waals surface area contributed by atoms with Gasteiger partial charge in [0, 0.05) is 48.9 Å². The molecule has 0 unspecified atom stereocenters. The van der Waals surface area contributed by atoms with Gasteiger partial charge in [-0.1, -0.05) is 25.5 Å². The Morgan fingerprint density at radius 1 is 1.07 bits per heavy atom. The third-order valence-corrected chi connectivity index (χ3v) is 7.62. The van der Waals surface area contributed by atoms with E-state index in [1.807, 2.05) is 31.7 Å². The van der Waals surface area contributed by atoms with E-state index in [0.29, 0.717) is 41.4 Å². The molecule has 1 saturated heterocycles. The average Bonchev–Trinajstić information content (AvgIpc) is 2.96. The molecule has 0 radical (unpaired) electrons. The zero-order valence-electron chi connectivity index (χ0n) is 24.5. The number of carbonyl (C=O) groups excluding carboxylic acids is 2. The first-order chi connectivity index (χ1) is 20.2. The van der Waals surface area contributed by atoms with Crippen LogP contribution >= 0.6 is 0 Å². The Bertz CT molecular complexity index is 1470. The Labute approximate surface area is 244 Å². The van der Waals surface area contributed by atoms with Gasteiger partial charge in [0.25, 0.3) is 5.91 Å². The predicted octanol–water partition coefficient (Wildman–Crippen LogP) is 5.15. The van der Waals surface area contributed by atoms with Crippen molar-refractivity contribution < 1.29 is 18.4 Å². The molecule has 9 nitrogen and oxygen atoms in total. The highest BCUT2D eigenvalue weighted by Gasteiger charge is 2.35. The van der Waals surface area contributed by atoms with Gasteiger partial charge in [-0.05, 0) is 63.6 Å². The fourth-order valence-electron chi connectivity index (χ4n) is 5.34. The summed E-state index contributed by atoms with van der Waals surface area (Å²) in [5.74, 6) is -1.50. The molecule has 2 N–H and O–H groups in total. The molecule has 1 fully saturated rings. The van der Waals surface area contributed by atoms with Crippen LogP contribution in [0.1, 0.15) is 55.1 Å². The number of anilines is 3. The molecule has 11 heteroatoms. The summed E-state index contributed by atoms with van der Waals surface area (Å²) in [6.45, 7) is 11.9. The van der Waals surface area contributed by atoms with E-state index in [-0.39, 0.29) is 24.3 Å². The molecule has 5 rings (SSSR count). The van der Waals surface area contributed by atoms with Crippen LogP contribution in [0.15, 0.2) is 36.4 Å². The van der Waals surface area contributed by atoms with Crippen molar-refractivity contribution in [2.75, 3.05) is 42.5 Å². The average molecular weight is 578 g/mol. The number of nitrogens with zero attached hydrogens (tertiary/aromatic N) is 5. The zero-order valence-corrected chi connectivity index (χ0v) is 24.5. The lowest BCUT2D eigenvalue weighted by Crippen LogP contribution is -2.48. The van der Waals surface area contributed by atoms with Crippen molar-refractivity contribution in [2.24, 2.45) is 0 Å². The summed E-state index contributed by atoms with van der Waals surface area (Å²) in [4.78, 5) is 41.3. The van der Waals surface area contributed by atoms with Crippen molar-refractivity contribution in [1.82, 2.24) is 25.5 Å². The third-order valence-electron chi connectivity index (χ3n) is 7.62. The summed E-state index contributed by atoms with van der Waals surface area (Å²) in [5.41, 5.74) is 2.50. The summed E-state index contributed by atoms with van der Waals surface area (Å²) >= 11 is 0. The van der Waals surface area contributed by atoms with Crippen LogP contribution in [0.5, 0.6) is 0 Å². The smallest absolute Gasteiger partial charge is 0.328 e. The Morgan fingerprint density at radius 2 is 1.79 bits per heavy atom. The number of hydrogen-bond donors (Lipinski definition) is 2. The number of piperazine rings is 1. The van der Waals surface area contributed by atoms with Crippen LogP contribution in [0.25, 0.3) is 11.3 Å². The predicted molar refractivity (Wildman–Crippen MR) is 159 cm³/mol. The molecule has 3 heterocycles. The van der Waals surface area contributed by atoms with Crippen molar-refractivity contribution in [3.05, 3.63) is 64.7 Å². The molecule has 2 aliphatic rings. The van der Waals surface area contributed by atoms with E-state index in [1.165, 1.54) is 6.07 Å². The van der Waals surface area contributed by atoms with E-state index >= 15 is 8.78 Å². The molecule has 0 spiro atoms. The van der Waals surface area contributed by atoms with Gasteiger partial charge in [-0.3, -0.25) is 9.69 Å². The standard InChI is InChI=1S/C31H37F2N7O2/c1-5-6-12-38-13-15-39(16-14-38)30-36-26(22-17-21(11-10-20(22)4)29(41)35-19(2)3)23-18-34-31(42)40(28(23)37-30)27-24(32)8-7-9-25(27)33/h7-11,17,19H,5-6,12-16,18H2,1-4H3,(H,34,42)(H,35,41). The molecule has 0 bridgehead atoms. The maximum atomic E-state index is 15.1. The fourth-order valence-corrected chi connectivity index (χ4v) is 5.34. The van der Waals surface area contributed by atoms with Gasteiger partial charge in [0.2, 0.25) is 5.95 Å². The minimum Gasteiger partial charge on any atom is -0.350 e. The van der Waals surface area contributed by atoms with Crippen LogP contribution in [0.3, 0.4) is 0 Å². The van der Waals surface area contributed by atoms with Crippen LogP contribution in [-0.4, -0.2) is 65.6 Å². The van der Waals surface area contributed by atoms with Gasteiger partial charge >= 0.3 is 6.03 Å². The molecule has 42 heavy (non-hydrogen) atoms.